The lowest BCUT2D eigenvalue weighted by atomic mass is 10.2. The zero-order valence-corrected chi connectivity index (χ0v) is 8.76. The number of ether oxygens (including phenoxy) is 1. The van der Waals surface area contributed by atoms with Gasteiger partial charge in [0.1, 0.15) is 5.60 Å². The zero-order chi connectivity index (χ0) is 10.5. The van der Waals surface area contributed by atoms with Crippen molar-refractivity contribution in [3.63, 3.8) is 0 Å². The van der Waals surface area contributed by atoms with E-state index in [0.717, 1.165) is 0 Å². The van der Waals surface area contributed by atoms with Crippen molar-refractivity contribution in [2.24, 2.45) is 0 Å². The Bertz CT molecular complexity index is 161. The summed E-state index contributed by atoms with van der Waals surface area (Å²) in [5.41, 5.74) is -0.441. The number of nitrogens with one attached hydrogen (secondary N) is 1. The first kappa shape index (κ1) is 12.4. The van der Waals surface area contributed by atoms with Crippen LogP contribution in [-0.2, 0) is 9.53 Å². The molecular weight excluding hydrogens is 170 g/mol. The molecule has 4 heteroatoms. The Labute approximate surface area is 79.3 Å². The molecule has 0 aromatic heterocycles. The van der Waals surface area contributed by atoms with Gasteiger partial charge in [0, 0.05) is 6.54 Å². The predicted octanol–water partition coefficient (Wildman–Crippen LogP) is 0.298. The van der Waals surface area contributed by atoms with Gasteiger partial charge in [-0.2, -0.15) is 0 Å². The standard InChI is InChI=1S/C9H19NO3/c1-7(11)5-10-6-8(12)13-9(2,3)4/h7,10-11H,5-6H2,1-4H3. The van der Waals surface area contributed by atoms with Crippen molar-refractivity contribution >= 4 is 5.97 Å². The van der Waals surface area contributed by atoms with Gasteiger partial charge < -0.3 is 15.2 Å². The molecule has 0 fully saturated rings. The first-order valence-corrected chi connectivity index (χ1v) is 4.42. The Balaban J connectivity index is 3.53. The van der Waals surface area contributed by atoms with Crippen LogP contribution in [-0.4, -0.2) is 35.9 Å². The monoisotopic (exact) mass is 189 g/mol. The zero-order valence-electron chi connectivity index (χ0n) is 8.76. The number of carbonyl (C=O) groups is 1. The lowest BCUT2D eigenvalue weighted by Crippen LogP contribution is -2.34. The number of hydrogen-bond acceptors (Lipinski definition) is 4. The summed E-state index contributed by atoms with van der Waals surface area (Å²) < 4.78 is 5.04. The van der Waals surface area contributed by atoms with Crippen LogP contribution in [0.25, 0.3) is 0 Å². The van der Waals surface area contributed by atoms with Crippen LogP contribution in [0.15, 0.2) is 0 Å². The quantitative estimate of drug-likeness (QED) is 0.624. The maximum atomic E-state index is 11.1. The van der Waals surface area contributed by atoms with E-state index in [0.29, 0.717) is 6.54 Å². The Hall–Kier alpha value is -0.610. The Morgan fingerprint density at radius 1 is 1.54 bits per heavy atom. The average Bonchev–Trinajstić information content (AvgIpc) is 1.81. The van der Waals surface area contributed by atoms with Crippen LogP contribution in [0.4, 0.5) is 0 Å². The van der Waals surface area contributed by atoms with Crippen LogP contribution in [0, 0.1) is 0 Å². The molecule has 0 aromatic carbocycles. The molecule has 4 nitrogen and oxygen atoms in total. The second-order valence-corrected chi connectivity index (χ2v) is 4.07. The highest BCUT2D eigenvalue weighted by molar-refractivity contribution is 5.72. The number of rotatable bonds is 4. The molecule has 0 bridgehead atoms. The summed E-state index contributed by atoms with van der Waals surface area (Å²) in [6.45, 7) is 7.65. The normalized spacial score (nSPS) is 13.9. The number of esters is 1. The van der Waals surface area contributed by atoms with Crippen molar-refractivity contribution in [2.75, 3.05) is 13.1 Å². The molecule has 0 aromatic rings. The summed E-state index contributed by atoms with van der Waals surface area (Å²) >= 11 is 0. The molecule has 2 N–H and O–H groups in total. The van der Waals surface area contributed by atoms with Crippen LogP contribution in [0.5, 0.6) is 0 Å². The van der Waals surface area contributed by atoms with E-state index >= 15 is 0 Å². The second kappa shape index (κ2) is 5.19. The Morgan fingerprint density at radius 2 is 2.08 bits per heavy atom. The Kier molecular flexibility index (Phi) is 4.95. The van der Waals surface area contributed by atoms with Gasteiger partial charge in [-0.25, -0.2) is 0 Å². The van der Waals surface area contributed by atoms with Crippen LogP contribution >= 0.6 is 0 Å². The van der Waals surface area contributed by atoms with Crippen molar-refractivity contribution in [1.29, 1.82) is 0 Å². The third kappa shape index (κ3) is 9.30. The fourth-order valence-electron chi connectivity index (χ4n) is 0.761. The van der Waals surface area contributed by atoms with Crippen molar-refractivity contribution in [3.05, 3.63) is 0 Å². The van der Waals surface area contributed by atoms with Crippen molar-refractivity contribution < 1.29 is 14.6 Å². The van der Waals surface area contributed by atoms with Crippen LogP contribution in [0.1, 0.15) is 27.7 Å². The molecule has 0 rings (SSSR count). The average molecular weight is 189 g/mol. The largest absolute Gasteiger partial charge is 0.459 e. The molecule has 1 unspecified atom stereocenters. The molecule has 78 valence electrons. The Morgan fingerprint density at radius 3 is 2.46 bits per heavy atom. The van der Waals surface area contributed by atoms with Gasteiger partial charge in [0.25, 0.3) is 0 Å². The second-order valence-electron chi connectivity index (χ2n) is 4.07. The van der Waals surface area contributed by atoms with Crippen LogP contribution in [0.3, 0.4) is 0 Å². The molecular formula is C9H19NO3. The number of aliphatic hydroxyl groups excluding tert-OH is 1. The highest BCUT2D eigenvalue weighted by Gasteiger charge is 2.15. The minimum atomic E-state index is -0.442. The smallest absolute Gasteiger partial charge is 0.320 e. The van der Waals surface area contributed by atoms with E-state index in [1.54, 1.807) is 6.92 Å². The molecule has 0 aliphatic rings. The lowest BCUT2D eigenvalue weighted by Gasteiger charge is -2.19. The summed E-state index contributed by atoms with van der Waals surface area (Å²) in [6.07, 6.45) is -0.442. The summed E-state index contributed by atoms with van der Waals surface area (Å²) in [5, 5.41) is 11.7. The number of hydrogen-bond donors (Lipinski definition) is 2. The number of aliphatic hydroxyl groups is 1. The minimum absolute atomic E-state index is 0.141. The molecule has 0 spiro atoms. The first-order chi connectivity index (χ1) is 5.81. The van der Waals surface area contributed by atoms with E-state index in [2.05, 4.69) is 5.32 Å². The summed E-state index contributed by atoms with van der Waals surface area (Å²) in [6, 6.07) is 0. The maximum absolute atomic E-state index is 11.1. The van der Waals surface area contributed by atoms with Gasteiger partial charge in [0.15, 0.2) is 0 Å². The molecule has 1 atom stereocenters. The SMILES string of the molecule is CC(O)CNCC(=O)OC(C)(C)C. The van der Waals surface area contributed by atoms with Gasteiger partial charge in [0.05, 0.1) is 12.6 Å². The van der Waals surface area contributed by atoms with E-state index in [-0.39, 0.29) is 12.5 Å². The molecule has 0 aliphatic heterocycles. The molecule has 0 saturated carbocycles. The predicted molar refractivity (Wildman–Crippen MR) is 50.4 cm³/mol. The first-order valence-electron chi connectivity index (χ1n) is 4.42. The fraction of sp³-hybridized carbons (Fsp3) is 0.889. The molecule has 13 heavy (non-hydrogen) atoms. The molecule has 0 heterocycles. The van der Waals surface area contributed by atoms with Crippen molar-refractivity contribution in [3.8, 4) is 0 Å². The highest BCUT2D eigenvalue weighted by atomic mass is 16.6. The van der Waals surface area contributed by atoms with Gasteiger partial charge in [-0.3, -0.25) is 4.79 Å². The highest BCUT2D eigenvalue weighted by Crippen LogP contribution is 2.05. The van der Waals surface area contributed by atoms with E-state index in [1.165, 1.54) is 0 Å². The van der Waals surface area contributed by atoms with Crippen LogP contribution in [0.2, 0.25) is 0 Å². The van der Waals surface area contributed by atoms with Crippen molar-refractivity contribution in [1.82, 2.24) is 5.32 Å². The lowest BCUT2D eigenvalue weighted by molar-refractivity contribution is -0.153. The summed E-state index contributed by atoms with van der Waals surface area (Å²) in [7, 11) is 0. The van der Waals surface area contributed by atoms with Gasteiger partial charge in [-0.1, -0.05) is 0 Å². The van der Waals surface area contributed by atoms with E-state index in [4.69, 9.17) is 9.84 Å². The van der Waals surface area contributed by atoms with E-state index in [9.17, 15) is 4.79 Å². The molecule has 0 aliphatic carbocycles. The number of carbonyl (C=O) groups excluding carboxylic acids is 1. The molecule has 0 radical (unpaired) electrons. The third-order valence-corrected chi connectivity index (χ3v) is 1.13. The molecule has 0 saturated heterocycles. The van der Waals surface area contributed by atoms with Gasteiger partial charge >= 0.3 is 5.97 Å². The van der Waals surface area contributed by atoms with Crippen LogP contribution < -0.4 is 5.32 Å². The van der Waals surface area contributed by atoms with E-state index in [1.807, 2.05) is 20.8 Å². The van der Waals surface area contributed by atoms with Gasteiger partial charge in [-0.05, 0) is 27.7 Å². The summed E-state index contributed by atoms with van der Waals surface area (Å²) in [5.74, 6) is -0.298. The fourth-order valence-corrected chi connectivity index (χ4v) is 0.761. The van der Waals surface area contributed by atoms with Gasteiger partial charge in [0.2, 0.25) is 0 Å². The van der Waals surface area contributed by atoms with E-state index < -0.39 is 11.7 Å². The van der Waals surface area contributed by atoms with Crippen molar-refractivity contribution in [2.45, 2.75) is 39.4 Å². The topological polar surface area (TPSA) is 58.6 Å². The van der Waals surface area contributed by atoms with Gasteiger partial charge in [-0.15, -0.1) is 0 Å². The maximum Gasteiger partial charge on any atom is 0.320 e. The summed E-state index contributed by atoms with van der Waals surface area (Å²) in [4.78, 5) is 11.1. The third-order valence-electron chi connectivity index (χ3n) is 1.13. The minimum Gasteiger partial charge on any atom is -0.459 e. The molecule has 0 amide bonds.